The van der Waals surface area contributed by atoms with Crippen LogP contribution in [0.5, 0.6) is 0 Å². The molecule has 0 atom stereocenters. The highest BCUT2D eigenvalue weighted by molar-refractivity contribution is 5.85. The predicted octanol–water partition coefficient (Wildman–Crippen LogP) is 4.66. The second kappa shape index (κ2) is 4.10. The molecule has 2 aromatic carbocycles. The van der Waals surface area contributed by atoms with Crippen LogP contribution >= 0.6 is 0 Å². The minimum absolute atomic E-state index is 0.946. The van der Waals surface area contributed by atoms with Crippen molar-refractivity contribution in [3.63, 3.8) is 0 Å². The van der Waals surface area contributed by atoms with Gasteiger partial charge in [0.2, 0.25) is 0 Å². The quantitative estimate of drug-likeness (QED) is 0.614. The van der Waals surface area contributed by atoms with Gasteiger partial charge in [-0.15, -0.1) is 0 Å². The molecule has 17 heavy (non-hydrogen) atoms. The Hall–Kier alpha value is -2.02. The normalized spacial score (nSPS) is 10.9. The third-order valence-corrected chi connectivity index (χ3v) is 3.09. The molecule has 0 fully saturated rings. The van der Waals surface area contributed by atoms with Crippen molar-refractivity contribution in [2.75, 3.05) is 0 Å². The van der Waals surface area contributed by atoms with E-state index < -0.39 is 0 Å². The van der Waals surface area contributed by atoms with Crippen molar-refractivity contribution in [2.45, 2.75) is 13.3 Å². The summed E-state index contributed by atoms with van der Waals surface area (Å²) in [7, 11) is 0. The zero-order chi connectivity index (χ0) is 11.7. The van der Waals surface area contributed by atoms with Gasteiger partial charge in [-0.3, -0.25) is 0 Å². The molecule has 1 heteroatoms. The van der Waals surface area contributed by atoms with Gasteiger partial charge in [0.1, 0.15) is 11.3 Å². The first kappa shape index (κ1) is 10.2. The molecule has 0 aliphatic heterocycles. The Morgan fingerprint density at radius 2 is 1.76 bits per heavy atom. The fraction of sp³-hybridized carbons (Fsp3) is 0.125. The molecule has 1 heterocycles. The van der Waals surface area contributed by atoms with Crippen molar-refractivity contribution in [3.05, 3.63) is 60.2 Å². The van der Waals surface area contributed by atoms with E-state index in [9.17, 15) is 0 Å². The molecule has 0 bridgehead atoms. The molecule has 0 radical (unpaired) electrons. The van der Waals surface area contributed by atoms with Gasteiger partial charge in [-0.2, -0.15) is 0 Å². The Labute approximate surface area is 101 Å². The van der Waals surface area contributed by atoms with E-state index in [0.717, 1.165) is 23.3 Å². The summed E-state index contributed by atoms with van der Waals surface area (Å²) in [5.74, 6) is 0.946. The van der Waals surface area contributed by atoms with Gasteiger partial charge in [0.05, 0.1) is 0 Å². The molecule has 1 aromatic heterocycles. The van der Waals surface area contributed by atoms with Crippen molar-refractivity contribution in [1.29, 1.82) is 0 Å². The Morgan fingerprint density at radius 3 is 2.53 bits per heavy atom. The lowest BCUT2D eigenvalue weighted by Crippen LogP contribution is -1.78. The molecular formula is C16H14O. The molecule has 84 valence electrons. The summed E-state index contributed by atoms with van der Waals surface area (Å²) in [5, 5.41) is 1.23. The first-order chi connectivity index (χ1) is 8.38. The summed E-state index contributed by atoms with van der Waals surface area (Å²) in [6, 6.07) is 18.6. The Kier molecular flexibility index (Phi) is 2.45. The van der Waals surface area contributed by atoms with Crippen molar-refractivity contribution in [2.24, 2.45) is 0 Å². The Balaban J connectivity index is 2.20. The van der Waals surface area contributed by atoms with Gasteiger partial charge in [0.15, 0.2) is 0 Å². The monoisotopic (exact) mass is 222 g/mol. The Morgan fingerprint density at radius 1 is 0.941 bits per heavy atom. The van der Waals surface area contributed by atoms with E-state index >= 15 is 0 Å². The highest BCUT2D eigenvalue weighted by atomic mass is 16.3. The zero-order valence-electron chi connectivity index (χ0n) is 9.81. The fourth-order valence-electron chi connectivity index (χ4n) is 2.17. The second-order valence-electron chi connectivity index (χ2n) is 4.16. The number of hydrogen-bond acceptors (Lipinski definition) is 1. The maximum Gasteiger partial charge on any atom is 0.135 e. The summed E-state index contributed by atoms with van der Waals surface area (Å²) in [6.45, 7) is 2.17. The van der Waals surface area contributed by atoms with E-state index in [1.54, 1.807) is 0 Å². The largest absolute Gasteiger partial charge is 0.456 e. The predicted molar refractivity (Wildman–Crippen MR) is 71.0 cm³/mol. The second-order valence-corrected chi connectivity index (χ2v) is 4.16. The maximum absolute atomic E-state index is 5.90. The van der Waals surface area contributed by atoms with E-state index in [2.05, 4.69) is 37.3 Å². The maximum atomic E-state index is 5.90. The van der Waals surface area contributed by atoms with Crippen LogP contribution < -0.4 is 0 Å². The van der Waals surface area contributed by atoms with Crippen LogP contribution in [0.15, 0.2) is 59.0 Å². The molecule has 0 amide bonds. The molecular weight excluding hydrogens is 208 g/mol. The minimum atomic E-state index is 0.946. The van der Waals surface area contributed by atoms with Crippen LogP contribution in [0.3, 0.4) is 0 Å². The van der Waals surface area contributed by atoms with Crippen LogP contribution in [0.1, 0.15) is 12.5 Å². The van der Waals surface area contributed by atoms with E-state index in [4.69, 9.17) is 4.42 Å². The molecule has 1 nitrogen and oxygen atoms in total. The zero-order valence-corrected chi connectivity index (χ0v) is 9.81. The average molecular weight is 222 g/mol. The topological polar surface area (TPSA) is 13.1 Å². The number of rotatable bonds is 2. The summed E-state index contributed by atoms with van der Waals surface area (Å²) >= 11 is 0. The van der Waals surface area contributed by atoms with Crippen LogP contribution in [0, 0.1) is 0 Å². The third kappa shape index (κ3) is 1.74. The van der Waals surface area contributed by atoms with Crippen LogP contribution in [0.2, 0.25) is 0 Å². The molecule has 0 aliphatic rings. The van der Waals surface area contributed by atoms with Gasteiger partial charge in [-0.25, -0.2) is 0 Å². The van der Waals surface area contributed by atoms with Gasteiger partial charge in [-0.05, 0) is 24.1 Å². The van der Waals surface area contributed by atoms with Crippen molar-refractivity contribution in [3.8, 4) is 11.3 Å². The van der Waals surface area contributed by atoms with Gasteiger partial charge in [0, 0.05) is 10.9 Å². The van der Waals surface area contributed by atoms with E-state index in [0.29, 0.717) is 0 Å². The summed E-state index contributed by atoms with van der Waals surface area (Å²) in [4.78, 5) is 0. The minimum Gasteiger partial charge on any atom is -0.456 e. The van der Waals surface area contributed by atoms with Crippen molar-refractivity contribution < 1.29 is 4.42 Å². The van der Waals surface area contributed by atoms with Crippen LogP contribution in [-0.4, -0.2) is 0 Å². The fourth-order valence-corrected chi connectivity index (χ4v) is 2.17. The lowest BCUT2D eigenvalue weighted by Gasteiger charge is -1.95. The molecule has 0 saturated heterocycles. The summed E-state index contributed by atoms with van der Waals surface area (Å²) in [6.07, 6.45) is 1.03. The highest BCUT2D eigenvalue weighted by Crippen LogP contribution is 2.29. The summed E-state index contributed by atoms with van der Waals surface area (Å²) < 4.78 is 5.90. The molecule has 0 N–H and O–H groups in total. The molecule has 0 aliphatic carbocycles. The lowest BCUT2D eigenvalue weighted by molar-refractivity contribution is 0.631. The number of aryl methyl sites for hydroxylation is 1. The Bertz CT molecular complexity index is 635. The lowest BCUT2D eigenvalue weighted by atomic mass is 10.1. The van der Waals surface area contributed by atoms with E-state index in [1.807, 2.05) is 24.3 Å². The molecule has 0 unspecified atom stereocenters. The molecule has 0 saturated carbocycles. The SMILES string of the molecule is CCc1cccc2oc(-c3ccccc3)cc12. The standard InChI is InChI=1S/C16H14O/c1-2-12-9-6-10-15-14(12)11-16(17-15)13-7-4-3-5-8-13/h3-11H,2H2,1H3. The number of furan rings is 1. The van der Waals surface area contributed by atoms with Crippen LogP contribution in [-0.2, 0) is 6.42 Å². The first-order valence-corrected chi connectivity index (χ1v) is 5.95. The van der Waals surface area contributed by atoms with Crippen LogP contribution in [0.25, 0.3) is 22.3 Å². The third-order valence-electron chi connectivity index (χ3n) is 3.09. The van der Waals surface area contributed by atoms with Crippen molar-refractivity contribution in [1.82, 2.24) is 0 Å². The van der Waals surface area contributed by atoms with E-state index in [-0.39, 0.29) is 0 Å². The molecule has 3 rings (SSSR count). The number of benzene rings is 2. The first-order valence-electron chi connectivity index (χ1n) is 5.95. The molecule has 3 aromatic rings. The van der Waals surface area contributed by atoms with Gasteiger partial charge < -0.3 is 4.42 Å². The van der Waals surface area contributed by atoms with Gasteiger partial charge in [0.25, 0.3) is 0 Å². The van der Waals surface area contributed by atoms with E-state index in [1.165, 1.54) is 10.9 Å². The number of fused-ring (bicyclic) bond motifs is 1. The number of hydrogen-bond donors (Lipinski definition) is 0. The molecule has 0 spiro atoms. The van der Waals surface area contributed by atoms with Gasteiger partial charge >= 0.3 is 0 Å². The van der Waals surface area contributed by atoms with Crippen molar-refractivity contribution >= 4 is 11.0 Å². The van der Waals surface area contributed by atoms with Crippen LogP contribution in [0.4, 0.5) is 0 Å². The summed E-state index contributed by atoms with van der Waals surface area (Å²) in [5.41, 5.74) is 3.45. The average Bonchev–Trinajstić information content (AvgIpc) is 2.83. The highest BCUT2D eigenvalue weighted by Gasteiger charge is 2.07. The smallest absolute Gasteiger partial charge is 0.135 e. The van der Waals surface area contributed by atoms with Gasteiger partial charge in [-0.1, -0.05) is 49.4 Å².